The van der Waals surface area contributed by atoms with Crippen molar-refractivity contribution < 1.29 is 14.9 Å². The molecule has 0 aliphatic heterocycles. The van der Waals surface area contributed by atoms with E-state index in [2.05, 4.69) is 19.2 Å². The van der Waals surface area contributed by atoms with E-state index in [1.54, 1.807) is 0 Å². The fourth-order valence-electron chi connectivity index (χ4n) is 1.92. The number of aliphatic hydroxyl groups excluding tert-OH is 2. The Labute approximate surface area is 112 Å². The van der Waals surface area contributed by atoms with Crippen LogP contribution in [-0.4, -0.2) is 48.2 Å². The number of ether oxygens (including phenoxy) is 1. The zero-order chi connectivity index (χ0) is 14.0. The predicted octanol–water partition coefficient (Wildman–Crippen LogP) is 1.55. The van der Waals surface area contributed by atoms with E-state index in [1.165, 1.54) is 0 Å². The first-order chi connectivity index (χ1) is 8.45. The van der Waals surface area contributed by atoms with Gasteiger partial charge in [0.15, 0.2) is 0 Å². The molecule has 0 aliphatic carbocycles. The molecule has 0 aromatic rings. The molecule has 0 amide bonds. The van der Waals surface area contributed by atoms with Crippen molar-refractivity contribution in [1.82, 2.24) is 5.32 Å². The summed E-state index contributed by atoms with van der Waals surface area (Å²) >= 11 is 0. The highest BCUT2D eigenvalue weighted by Gasteiger charge is 2.10. The van der Waals surface area contributed by atoms with Crippen LogP contribution in [0.15, 0.2) is 0 Å². The molecular weight excluding hydrogens is 230 g/mol. The van der Waals surface area contributed by atoms with E-state index in [4.69, 9.17) is 4.74 Å². The van der Waals surface area contributed by atoms with Crippen LogP contribution in [0.5, 0.6) is 0 Å². The molecule has 0 heterocycles. The van der Waals surface area contributed by atoms with Gasteiger partial charge in [-0.15, -0.1) is 0 Å². The average Bonchev–Trinajstić information content (AvgIpc) is 2.26. The van der Waals surface area contributed by atoms with Crippen LogP contribution >= 0.6 is 0 Å². The highest BCUT2D eigenvalue weighted by molar-refractivity contribution is 4.64. The molecule has 4 heteroatoms. The van der Waals surface area contributed by atoms with Crippen molar-refractivity contribution in [2.24, 2.45) is 5.92 Å². The highest BCUT2D eigenvalue weighted by atomic mass is 16.5. The van der Waals surface area contributed by atoms with Crippen LogP contribution in [0, 0.1) is 5.92 Å². The summed E-state index contributed by atoms with van der Waals surface area (Å²) < 4.78 is 5.57. The number of aliphatic hydroxyl groups is 2. The minimum Gasteiger partial charge on any atom is -0.392 e. The lowest BCUT2D eigenvalue weighted by molar-refractivity contribution is -0.00929. The quantitative estimate of drug-likeness (QED) is 0.528. The Hall–Kier alpha value is -0.160. The largest absolute Gasteiger partial charge is 0.392 e. The Bertz CT molecular complexity index is 188. The molecule has 0 bridgehead atoms. The van der Waals surface area contributed by atoms with Gasteiger partial charge in [-0.2, -0.15) is 0 Å². The van der Waals surface area contributed by atoms with Gasteiger partial charge < -0.3 is 20.3 Å². The van der Waals surface area contributed by atoms with Gasteiger partial charge in [-0.3, -0.25) is 0 Å². The number of hydrogen-bond donors (Lipinski definition) is 3. The molecule has 0 saturated heterocycles. The van der Waals surface area contributed by atoms with Crippen molar-refractivity contribution in [2.75, 3.05) is 19.7 Å². The number of hydrogen-bond acceptors (Lipinski definition) is 4. The van der Waals surface area contributed by atoms with Crippen LogP contribution in [0.1, 0.15) is 47.0 Å². The maximum atomic E-state index is 9.71. The fourth-order valence-corrected chi connectivity index (χ4v) is 1.92. The van der Waals surface area contributed by atoms with Gasteiger partial charge in [-0.1, -0.05) is 27.2 Å². The molecular formula is C14H31NO3. The van der Waals surface area contributed by atoms with E-state index < -0.39 is 6.10 Å². The van der Waals surface area contributed by atoms with Gasteiger partial charge in [-0.05, 0) is 25.7 Å². The molecule has 0 saturated carbocycles. The zero-order valence-corrected chi connectivity index (χ0v) is 12.4. The highest BCUT2D eigenvalue weighted by Crippen LogP contribution is 2.07. The third-order valence-corrected chi connectivity index (χ3v) is 2.76. The van der Waals surface area contributed by atoms with Gasteiger partial charge in [0.25, 0.3) is 0 Å². The first kappa shape index (κ1) is 17.8. The Morgan fingerprint density at radius 1 is 1.06 bits per heavy atom. The van der Waals surface area contributed by atoms with Crippen molar-refractivity contribution in [2.45, 2.75) is 65.3 Å². The summed E-state index contributed by atoms with van der Waals surface area (Å²) in [7, 11) is 0. The predicted molar refractivity (Wildman–Crippen MR) is 74.7 cm³/mol. The summed E-state index contributed by atoms with van der Waals surface area (Å²) in [5.74, 6) is 0.611. The van der Waals surface area contributed by atoms with Gasteiger partial charge in [-0.25, -0.2) is 0 Å². The first-order valence-corrected chi connectivity index (χ1v) is 7.14. The Kier molecular flexibility index (Phi) is 10.6. The van der Waals surface area contributed by atoms with Crippen LogP contribution in [0.3, 0.4) is 0 Å². The minimum absolute atomic E-state index is 0.185. The molecule has 3 N–H and O–H groups in total. The molecule has 3 unspecified atom stereocenters. The van der Waals surface area contributed by atoms with Gasteiger partial charge in [0.05, 0.1) is 24.9 Å². The molecule has 0 spiro atoms. The molecule has 18 heavy (non-hydrogen) atoms. The van der Waals surface area contributed by atoms with Crippen LogP contribution in [0.2, 0.25) is 0 Å². The summed E-state index contributed by atoms with van der Waals surface area (Å²) in [5, 5.41) is 22.3. The second-order valence-corrected chi connectivity index (χ2v) is 5.53. The van der Waals surface area contributed by atoms with Crippen LogP contribution in [0.4, 0.5) is 0 Å². The third-order valence-electron chi connectivity index (χ3n) is 2.76. The lowest BCUT2D eigenvalue weighted by Crippen LogP contribution is -2.36. The minimum atomic E-state index is -0.506. The van der Waals surface area contributed by atoms with E-state index in [9.17, 15) is 10.2 Å². The van der Waals surface area contributed by atoms with E-state index in [-0.39, 0.29) is 12.2 Å². The van der Waals surface area contributed by atoms with E-state index in [0.29, 0.717) is 25.6 Å². The lowest BCUT2D eigenvalue weighted by atomic mass is 10.1. The summed E-state index contributed by atoms with van der Waals surface area (Å²) in [6, 6.07) is 0. The Morgan fingerprint density at radius 2 is 1.67 bits per heavy atom. The molecule has 0 aromatic heterocycles. The normalized spacial score (nSPS) is 16.8. The average molecular weight is 261 g/mol. The van der Waals surface area contributed by atoms with Crippen molar-refractivity contribution in [3.8, 4) is 0 Å². The summed E-state index contributed by atoms with van der Waals surface area (Å²) in [4.78, 5) is 0. The van der Waals surface area contributed by atoms with Gasteiger partial charge in [0.1, 0.15) is 0 Å². The monoisotopic (exact) mass is 261 g/mol. The van der Waals surface area contributed by atoms with Gasteiger partial charge in [0.2, 0.25) is 0 Å². The molecule has 0 aromatic carbocycles. The molecule has 110 valence electrons. The SMILES string of the molecule is CCCC(O)CNCC(O)COC(C)CC(C)C. The summed E-state index contributed by atoms with van der Waals surface area (Å²) in [6.07, 6.45) is 2.14. The summed E-state index contributed by atoms with van der Waals surface area (Å²) in [5.41, 5.74) is 0. The fraction of sp³-hybridized carbons (Fsp3) is 1.00. The van der Waals surface area contributed by atoms with Crippen LogP contribution in [-0.2, 0) is 4.74 Å². The van der Waals surface area contributed by atoms with E-state index >= 15 is 0 Å². The van der Waals surface area contributed by atoms with Gasteiger partial charge in [0, 0.05) is 13.1 Å². The standard InChI is InChI=1S/C14H31NO3/c1-5-6-13(16)8-15-9-14(17)10-18-12(4)7-11(2)3/h11-17H,5-10H2,1-4H3. The number of rotatable bonds is 11. The van der Waals surface area contributed by atoms with Crippen molar-refractivity contribution in [3.63, 3.8) is 0 Å². The molecule has 0 fully saturated rings. The maximum Gasteiger partial charge on any atom is 0.0897 e. The topological polar surface area (TPSA) is 61.7 Å². The lowest BCUT2D eigenvalue weighted by Gasteiger charge is -2.19. The summed E-state index contributed by atoms with van der Waals surface area (Å²) in [6.45, 7) is 9.75. The Balaban J connectivity index is 3.50. The molecule has 3 atom stereocenters. The van der Waals surface area contributed by atoms with Crippen molar-refractivity contribution in [3.05, 3.63) is 0 Å². The second kappa shape index (κ2) is 10.7. The van der Waals surface area contributed by atoms with Crippen molar-refractivity contribution in [1.29, 1.82) is 0 Å². The molecule has 0 radical (unpaired) electrons. The maximum absolute atomic E-state index is 9.71. The molecule has 0 aliphatic rings. The van der Waals surface area contributed by atoms with Crippen LogP contribution < -0.4 is 5.32 Å². The smallest absolute Gasteiger partial charge is 0.0897 e. The van der Waals surface area contributed by atoms with E-state index in [1.807, 2.05) is 13.8 Å². The zero-order valence-electron chi connectivity index (χ0n) is 12.4. The van der Waals surface area contributed by atoms with E-state index in [0.717, 1.165) is 19.3 Å². The first-order valence-electron chi connectivity index (χ1n) is 7.14. The third kappa shape index (κ3) is 11.0. The Morgan fingerprint density at radius 3 is 2.22 bits per heavy atom. The van der Waals surface area contributed by atoms with Crippen LogP contribution in [0.25, 0.3) is 0 Å². The van der Waals surface area contributed by atoms with Gasteiger partial charge >= 0.3 is 0 Å². The molecule has 0 rings (SSSR count). The number of nitrogens with one attached hydrogen (secondary N) is 1. The van der Waals surface area contributed by atoms with Crippen molar-refractivity contribution >= 4 is 0 Å². The second-order valence-electron chi connectivity index (χ2n) is 5.53. The molecule has 4 nitrogen and oxygen atoms in total.